The molecule has 3 rings (SSSR count). The lowest BCUT2D eigenvalue weighted by Crippen LogP contribution is -1.97. The van der Waals surface area contributed by atoms with Crippen molar-refractivity contribution in [2.45, 2.75) is 6.92 Å². The van der Waals surface area contributed by atoms with Gasteiger partial charge in [-0.2, -0.15) is 0 Å². The van der Waals surface area contributed by atoms with Crippen molar-refractivity contribution >= 4 is 5.69 Å². The van der Waals surface area contributed by atoms with Crippen LogP contribution >= 0.6 is 0 Å². The van der Waals surface area contributed by atoms with Crippen LogP contribution in [0.5, 0.6) is 11.6 Å². The Hall–Kier alpha value is -3.42. The van der Waals surface area contributed by atoms with Crippen LogP contribution in [-0.2, 0) is 0 Å². The molecule has 0 spiro atoms. The van der Waals surface area contributed by atoms with Crippen LogP contribution in [-0.4, -0.2) is 24.9 Å². The molecule has 114 valence electrons. The minimum absolute atomic E-state index is 0.00291. The molecule has 0 aliphatic rings. The Morgan fingerprint density at radius 1 is 1.09 bits per heavy atom. The SMILES string of the molecule is Cc1cc([N+](=O)[O-])ccc1Oc1nccnc1-c1cnccn1. The number of nitro groups is 1. The molecule has 0 unspecified atom stereocenters. The van der Waals surface area contributed by atoms with Gasteiger partial charge in [-0.05, 0) is 18.6 Å². The summed E-state index contributed by atoms with van der Waals surface area (Å²) in [6, 6.07) is 4.34. The fraction of sp³-hybridized carbons (Fsp3) is 0.0667. The molecule has 23 heavy (non-hydrogen) atoms. The number of aromatic nitrogens is 4. The van der Waals surface area contributed by atoms with E-state index in [1.54, 1.807) is 25.5 Å². The van der Waals surface area contributed by atoms with Crippen molar-refractivity contribution in [3.63, 3.8) is 0 Å². The van der Waals surface area contributed by atoms with Crippen LogP contribution in [0.25, 0.3) is 11.4 Å². The van der Waals surface area contributed by atoms with Gasteiger partial charge in [-0.1, -0.05) is 0 Å². The van der Waals surface area contributed by atoms with Gasteiger partial charge in [-0.25, -0.2) is 9.97 Å². The first-order valence-corrected chi connectivity index (χ1v) is 6.65. The predicted octanol–water partition coefficient (Wildman–Crippen LogP) is 2.94. The van der Waals surface area contributed by atoms with E-state index in [1.165, 1.54) is 30.6 Å². The lowest BCUT2D eigenvalue weighted by Gasteiger charge is -2.10. The maximum Gasteiger partial charge on any atom is 0.269 e. The number of non-ortho nitro benzene ring substituents is 1. The third-order valence-corrected chi connectivity index (χ3v) is 3.05. The Kier molecular flexibility index (Phi) is 3.88. The van der Waals surface area contributed by atoms with Crippen molar-refractivity contribution in [2.24, 2.45) is 0 Å². The van der Waals surface area contributed by atoms with E-state index in [1.807, 2.05) is 0 Å². The van der Waals surface area contributed by atoms with E-state index in [-0.39, 0.29) is 11.6 Å². The van der Waals surface area contributed by atoms with E-state index >= 15 is 0 Å². The number of aryl methyl sites for hydroxylation is 1. The van der Waals surface area contributed by atoms with Crippen LogP contribution in [0.1, 0.15) is 5.56 Å². The average Bonchev–Trinajstić information content (AvgIpc) is 2.58. The van der Waals surface area contributed by atoms with Crippen LogP contribution in [0.2, 0.25) is 0 Å². The molecule has 0 fully saturated rings. The highest BCUT2D eigenvalue weighted by Gasteiger charge is 2.14. The minimum atomic E-state index is -0.454. The molecule has 8 nitrogen and oxygen atoms in total. The number of hydrogen-bond acceptors (Lipinski definition) is 7. The predicted molar refractivity (Wildman–Crippen MR) is 81.0 cm³/mol. The maximum absolute atomic E-state index is 10.8. The van der Waals surface area contributed by atoms with E-state index in [2.05, 4.69) is 19.9 Å². The number of nitro benzene ring substituents is 1. The zero-order chi connectivity index (χ0) is 16.2. The second-order valence-corrected chi connectivity index (χ2v) is 4.61. The standard InChI is InChI=1S/C15H11N5O3/c1-10-8-11(20(21)22)2-3-13(10)23-15-14(18-6-7-19-15)12-9-16-4-5-17-12/h2-9H,1H3. The van der Waals surface area contributed by atoms with Gasteiger partial charge >= 0.3 is 0 Å². The van der Waals surface area contributed by atoms with Gasteiger partial charge in [0.1, 0.15) is 11.4 Å². The largest absolute Gasteiger partial charge is 0.437 e. The molecule has 0 saturated carbocycles. The first-order chi connectivity index (χ1) is 11.1. The van der Waals surface area contributed by atoms with Gasteiger partial charge in [0.15, 0.2) is 5.69 Å². The molecule has 0 aliphatic heterocycles. The number of nitrogens with zero attached hydrogens (tertiary/aromatic N) is 5. The monoisotopic (exact) mass is 309 g/mol. The van der Waals surface area contributed by atoms with Crippen molar-refractivity contribution in [2.75, 3.05) is 0 Å². The first kappa shape index (κ1) is 14.5. The molecule has 0 amide bonds. The molecule has 2 heterocycles. The van der Waals surface area contributed by atoms with Crippen LogP contribution in [0, 0.1) is 17.0 Å². The zero-order valence-electron chi connectivity index (χ0n) is 12.1. The smallest absolute Gasteiger partial charge is 0.269 e. The summed E-state index contributed by atoms with van der Waals surface area (Å²) in [6.45, 7) is 1.72. The number of rotatable bonds is 4. The molecule has 2 aromatic heterocycles. The molecule has 1 aromatic carbocycles. The summed E-state index contributed by atoms with van der Waals surface area (Å²) in [4.78, 5) is 26.9. The highest BCUT2D eigenvalue weighted by atomic mass is 16.6. The summed E-state index contributed by atoms with van der Waals surface area (Å²) in [5.41, 5.74) is 1.59. The molecule has 0 saturated heterocycles. The lowest BCUT2D eigenvalue weighted by molar-refractivity contribution is -0.384. The van der Waals surface area contributed by atoms with Gasteiger partial charge in [0.25, 0.3) is 5.69 Å². The molecular weight excluding hydrogens is 298 g/mol. The van der Waals surface area contributed by atoms with Gasteiger partial charge in [0, 0.05) is 36.9 Å². The van der Waals surface area contributed by atoms with Crippen LogP contribution in [0.4, 0.5) is 5.69 Å². The van der Waals surface area contributed by atoms with Crippen molar-refractivity contribution in [1.82, 2.24) is 19.9 Å². The molecule has 0 bridgehead atoms. The Morgan fingerprint density at radius 2 is 1.87 bits per heavy atom. The highest BCUT2D eigenvalue weighted by molar-refractivity contribution is 5.59. The topological polar surface area (TPSA) is 104 Å². The molecule has 0 radical (unpaired) electrons. The highest BCUT2D eigenvalue weighted by Crippen LogP contribution is 2.31. The maximum atomic E-state index is 10.8. The van der Waals surface area contributed by atoms with E-state index < -0.39 is 4.92 Å². The van der Waals surface area contributed by atoms with Gasteiger partial charge in [-0.15, -0.1) is 0 Å². The zero-order valence-corrected chi connectivity index (χ0v) is 12.1. The van der Waals surface area contributed by atoms with Gasteiger partial charge in [0.2, 0.25) is 5.88 Å². The van der Waals surface area contributed by atoms with E-state index in [0.29, 0.717) is 22.7 Å². The molecule has 8 heteroatoms. The number of benzene rings is 1. The van der Waals surface area contributed by atoms with E-state index in [4.69, 9.17) is 4.74 Å². The summed E-state index contributed by atoms with van der Waals surface area (Å²) in [7, 11) is 0. The van der Waals surface area contributed by atoms with Crippen molar-refractivity contribution in [3.05, 3.63) is 64.9 Å². The van der Waals surface area contributed by atoms with Gasteiger partial charge < -0.3 is 4.74 Å². The summed E-state index contributed by atoms with van der Waals surface area (Å²) >= 11 is 0. The molecule has 0 aliphatic carbocycles. The quantitative estimate of drug-likeness (QED) is 0.539. The average molecular weight is 309 g/mol. The Labute approximate surface area is 131 Å². The lowest BCUT2D eigenvalue weighted by atomic mass is 10.2. The summed E-state index contributed by atoms with van der Waals surface area (Å²) in [6.07, 6.45) is 7.68. The second kappa shape index (κ2) is 6.14. The number of hydrogen-bond donors (Lipinski definition) is 0. The molecule has 0 atom stereocenters. The minimum Gasteiger partial charge on any atom is -0.437 e. The Bertz CT molecular complexity index is 855. The normalized spacial score (nSPS) is 10.3. The first-order valence-electron chi connectivity index (χ1n) is 6.65. The second-order valence-electron chi connectivity index (χ2n) is 4.61. The summed E-state index contributed by atoms with van der Waals surface area (Å²) in [5.74, 6) is 0.714. The van der Waals surface area contributed by atoms with E-state index in [9.17, 15) is 10.1 Å². The number of ether oxygens (including phenoxy) is 1. The Balaban J connectivity index is 1.97. The fourth-order valence-corrected chi connectivity index (χ4v) is 1.96. The van der Waals surface area contributed by atoms with E-state index in [0.717, 1.165) is 0 Å². The van der Waals surface area contributed by atoms with Crippen molar-refractivity contribution in [3.8, 4) is 23.0 Å². The summed E-state index contributed by atoms with van der Waals surface area (Å²) < 4.78 is 5.77. The van der Waals surface area contributed by atoms with Crippen LogP contribution in [0.15, 0.2) is 49.2 Å². The molecule has 0 N–H and O–H groups in total. The summed E-state index contributed by atoms with van der Waals surface area (Å²) in [5, 5.41) is 10.8. The molecule has 3 aromatic rings. The molecular formula is C15H11N5O3. The van der Waals surface area contributed by atoms with Crippen molar-refractivity contribution < 1.29 is 9.66 Å². The van der Waals surface area contributed by atoms with Crippen molar-refractivity contribution in [1.29, 1.82) is 0 Å². The third-order valence-electron chi connectivity index (χ3n) is 3.05. The van der Waals surface area contributed by atoms with Gasteiger partial charge in [-0.3, -0.25) is 20.1 Å². The van der Waals surface area contributed by atoms with Crippen LogP contribution < -0.4 is 4.74 Å². The van der Waals surface area contributed by atoms with Crippen LogP contribution in [0.3, 0.4) is 0 Å². The third kappa shape index (κ3) is 3.10. The Morgan fingerprint density at radius 3 is 2.57 bits per heavy atom. The fourth-order valence-electron chi connectivity index (χ4n) is 1.96. The van der Waals surface area contributed by atoms with Gasteiger partial charge in [0.05, 0.1) is 11.1 Å².